The van der Waals surface area contributed by atoms with E-state index in [4.69, 9.17) is 9.97 Å². The lowest BCUT2D eigenvalue weighted by atomic mass is 10.2. The van der Waals surface area contributed by atoms with Crippen molar-refractivity contribution in [2.45, 2.75) is 20.8 Å². The summed E-state index contributed by atoms with van der Waals surface area (Å²) >= 11 is 3.32. The first-order valence-electron chi connectivity index (χ1n) is 7.36. The molecule has 0 aliphatic heterocycles. The molecule has 5 nitrogen and oxygen atoms in total. The normalized spacial score (nSPS) is 10.9. The molecule has 0 aromatic carbocycles. The minimum absolute atomic E-state index is 0.0264. The third kappa shape index (κ3) is 3.35. The van der Waals surface area contributed by atoms with Crippen molar-refractivity contribution in [2.24, 2.45) is 0 Å². The molecule has 0 saturated heterocycles. The van der Waals surface area contributed by atoms with Crippen LogP contribution in [0.15, 0.2) is 17.5 Å². The lowest BCUT2D eigenvalue weighted by Crippen LogP contribution is -2.26. The molecule has 0 spiro atoms. The van der Waals surface area contributed by atoms with Crippen molar-refractivity contribution in [2.75, 3.05) is 18.4 Å². The van der Waals surface area contributed by atoms with E-state index in [2.05, 4.69) is 24.5 Å². The van der Waals surface area contributed by atoms with Gasteiger partial charge in [0.15, 0.2) is 5.82 Å². The zero-order chi connectivity index (χ0) is 16.4. The standard InChI is InChI=1S/C16H18N4OS2/c1-9-10(2)23-16-13(9)15(18-7-6-17-11(3)21)19-14(20-16)12-5-4-8-22-12/h4-5,8H,6-7H2,1-3H3,(H,17,21)(H,18,19,20). The summed E-state index contributed by atoms with van der Waals surface area (Å²) in [6.45, 7) is 6.92. The summed E-state index contributed by atoms with van der Waals surface area (Å²) in [5, 5.41) is 9.24. The number of nitrogens with one attached hydrogen (secondary N) is 2. The summed E-state index contributed by atoms with van der Waals surface area (Å²) in [4.78, 5) is 23.7. The minimum atomic E-state index is -0.0264. The Hall–Kier alpha value is -1.99. The average molecular weight is 346 g/mol. The number of hydrogen-bond acceptors (Lipinski definition) is 6. The Bertz CT molecular complexity index is 840. The number of aromatic nitrogens is 2. The average Bonchev–Trinajstić information content (AvgIpc) is 3.13. The second-order valence-electron chi connectivity index (χ2n) is 5.25. The van der Waals surface area contributed by atoms with Crippen LogP contribution < -0.4 is 10.6 Å². The number of thiophene rings is 2. The number of amides is 1. The fraction of sp³-hybridized carbons (Fsp3) is 0.312. The molecule has 1 amide bonds. The van der Waals surface area contributed by atoms with Crippen LogP contribution in [0.3, 0.4) is 0 Å². The number of anilines is 1. The van der Waals surface area contributed by atoms with Crippen LogP contribution in [0.2, 0.25) is 0 Å². The lowest BCUT2D eigenvalue weighted by molar-refractivity contribution is -0.118. The fourth-order valence-corrected chi connectivity index (χ4v) is 4.00. The number of hydrogen-bond donors (Lipinski definition) is 2. The van der Waals surface area contributed by atoms with Gasteiger partial charge in [-0.3, -0.25) is 4.79 Å². The van der Waals surface area contributed by atoms with E-state index in [1.54, 1.807) is 22.7 Å². The predicted molar refractivity (Wildman–Crippen MR) is 97.4 cm³/mol. The summed E-state index contributed by atoms with van der Waals surface area (Å²) in [5.41, 5.74) is 1.21. The Labute approximate surface area is 142 Å². The van der Waals surface area contributed by atoms with E-state index in [9.17, 15) is 4.79 Å². The van der Waals surface area contributed by atoms with Crippen LogP contribution in [0.5, 0.6) is 0 Å². The van der Waals surface area contributed by atoms with Crippen molar-refractivity contribution in [3.63, 3.8) is 0 Å². The van der Waals surface area contributed by atoms with Crippen molar-refractivity contribution >= 4 is 44.6 Å². The Balaban J connectivity index is 1.97. The van der Waals surface area contributed by atoms with Crippen LogP contribution in [0, 0.1) is 13.8 Å². The molecule has 120 valence electrons. The zero-order valence-corrected chi connectivity index (χ0v) is 14.9. The minimum Gasteiger partial charge on any atom is -0.368 e. The van der Waals surface area contributed by atoms with E-state index >= 15 is 0 Å². The second-order valence-corrected chi connectivity index (χ2v) is 7.40. The number of carbonyl (C=O) groups excluding carboxylic acids is 1. The molecule has 0 aliphatic rings. The lowest BCUT2D eigenvalue weighted by Gasteiger charge is -2.09. The van der Waals surface area contributed by atoms with Crippen molar-refractivity contribution in [3.8, 4) is 10.7 Å². The molecule has 3 aromatic rings. The number of carbonyl (C=O) groups is 1. The van der Waals surface area contributed by atoms with Crippen molar-refractivity contribution in [3.05, 3.63) is 28.0 Å². The summed E-state index contributed by atoms with van der Waals surface area (Å²) < 4.78 is 0. The van der Waals surface area contributed by atoms with Gasteiger partial charge in [-0.1, -0.05) is 6.07 Å². The van der Waals surface area contributed by atoms with E-state index < -0.39 is 0 Å². The molecule has 3 heterocycles. The molecule has 2 N–H and O–H groups in total. The van der Waals surface area contributed by atoms with E-state index in [1.807, 2.05) is 17.5 Å². The van der Waals surface area contributed by atoms with Gasteiger partial charge in [-0.15, -0.1) is 22.7 Å². The van der Waals surface area contributed by atoms with E-state index in [1.165, 1.54) is 17.4 Å². The highest BCUT2D eigenvalue weighted by Gasteiger charge is 2.15. The van der Waals surface area contributed by atoms with Gasteiger partial charge in [0.05, 0.1) is 10.3 Å². The molecule has 0 saturated carbocycles. The highest BCUT2D eigenvalue weighted by Crippen LogP contribution is 2.35. The van der Waals surface area contributed by atoms with Crippen LogP contribution in [-0.4, -0.2) is 29.0 Å². The van der Waals surface area contributed by atoms with Gasteiger partial charge in [0.25, 0.3) is 0 Å². The quantitative estimate of drug-likeness (QED) is 0.693. The van der Waals surface area contributed by atoms with Gasteiger partial charge < -0.3 is 10.6 Å². The smallest absolute Gasteiger partial charge is 0.216 e. The van der Waals surface area contributed by atoms with Crippen LogP contribution in [0.4, 0.5) is 5.82 Å². The van der Waals surface area contributed by atoms with Gasteiger partial charge in [0.2, 0.25) is 5.91 Å². The highest BCUT2D eigenvalue weighted by molar-refractivity contribution is 7.19. The second kappa shape index (κ2) is 6.64. The van der Waals surface area contributed by atoms with Gasteiger partial charge in [-0.25, -0.2) is 9.97 Å². The molecule has 3 rings (SSSR count). The maximum absolute atomic E-state index is 11.0. The molecule has 3 aromatic heterocycles. The number of rotatable bonds is 5. The molecule has 0 bridgehead atoms. The number of aryl methyl sites for hydroxylation is 2. The third-order valence-electron chi connectivity index (χ3n) is 3.56. The van der Waals surface area contributed by atoms with Crippen molar-refractivity contribution < 1.29 is 4.79 Å². The topological polar surface area (TPSA) is 66.9 Å². The number of fused-ring (bicyclic) bond motifs is 1. The summed E-state index contributed by atoms with van der Waals surface area (Å²) in [7, 11) is 0. The third-order valence-corrected chi connectivity index (χ3v) is 5.53. The van der Waals surface area contributed by atoms with E-state index in [0.717, 1.165) is 26.7 Å². The van der Waals surface area contributed by atoms with E-state index in [0.29, 0.717) is 13.1 Å². The Morgan fingerprint density at radius 3 is 2.78 bits per heavy atom. The molecule has 0 atom stereocenters. The highest BCUT2D eigenvalue weighted by atomic mass is 32.1. The largest absolute Gasteiger partial charge is 0.368 e. The SMILES string of the molecule is CC(=O)NCCNc1nc(-c2cccs2)nc2sc(C)c(C)c12. The molecular formula is C16H18N4OS2. The first-order valence-corrected chi connectivity index (χ1v) is 9.06. The monoisotopic (exact) mass is 346 g/mol. The first kappa shape index (κ1) is 15.9. The maximum Gasteiger partial charge on any atom is 0.216 e. The summed E-state index contributed by atoms with van der Waals surface area (Å²) in [5.74, 6) is 1.56. The van der Waals surface area contributed by atoms with Crippen molar-refractivity contribution in [1.82, 2.24) is 15.3 Å². The first-order chi connectivity index (χ1) is 11.1. The summed E-state index contributed by atoms with van der Waals surface area (Å²) in [6.07, 6.45) is 0. The van der Waals surface area contributed by atoms with Crippen molar-refractivity contribution in [1.29, 1.82) is 0 Å². The van der Waals surface area contributed by atoms with Crippen LogP contribution in [0.1, 0.15) is 17.4 Å². The fourth-order valence-electron chi connectivity index (χ4n) is 2.31. The molecular weight excluding hydrogens is 328 g/mol. The number of nitrogens with zero attached hydrogens (tertiary/aromatic N) is 2. The predicted octanol–water partition coefficient (Wildman–Crippen LogP) is 3.58. The van der Waals surface area contributed by atoms with Gasteiger partial charge in [0, 0.05) is 24.9 Å². The Morgan fingerprint density at radius 1 is 1.26 bits per heavy atom. The van der Waals surface area contributed by atoms with Crippen LogP contribution in [0.25, 0.3) is 20.9 Å². The van der Waals surface area contributed by atoms with Gasteiger partial charge >= 0.3 is 0 Å². The Kier molecular flexibility index (Phi) is 4.58. The Morgan fingerprint density at radius 2 is 2.09 bits per heavy atom. The molecule has 0 unspecified atom stereocenters. The van der Waals surface area contributed by atoms with Gasteiger partial charge in [0.1, 0.15) is 10.6 Å². The van der Waals surface area contributed by atoms with Gasteiger partial charge in [-0.05, 0) is 30.9 Å². The molecule has 23 heavy (non-hydrogen) atoms. The molecule has 0 radical (unpaired) electrons. The molecule has 7 heteroatoms. The molecule has 0 aliphatic carbocycles. The maximum atomic E-state index is 11.0. The van der Waals surface area contributed by atoms with Gasteiger partial charge in [-0.2, -0.15) is 0 Å². The zero-order valence-electron chi connectivity index (χ0n) is 13.3. The van der Waals surface area contributed by atoms with E-state index in [-0.39, 0.29) is 5.91 Å². The molecule has 0 fully saturated rings. The summed E-state index contributed by atoms with van der Waals surface area (Å²) in [6, 6.07) is 4.03. The van der Waals surface area contributed by atoms with Crippen LogP contribution >= 0.6 is 22.7 Å². The van der Waals surface area contributed by atoms with Crippen LogP contribution in [-0.2, 0) is 4.79 Å².